The zero-order valence-corrected chi connectivity index (χ0v) is 33.7. The molecule has 2 amide bonds. The van der Waals surface area contributed by atoms with E-state index < -0.39 is 28.4 Å². The van der Waals surface area contributed by atoms with Gasteiger partial charge in [0.25, 0.3) is 0 Å². The van der Waals surface area contributed by atoms with Gasteiger partial charge < -0.3 is 28.7 Å². The van der Waals surface area contributed by atoms with Crippen LogP contribution in [0.5, 0.6) is 0 Å². The maximum Gasteiger partial charge on any atom is 0.320 e. The fourth-order valence-corrected chi connectivity index (χ4v) is 7.67. The van der Waals surface area contributed by atoms with E-state index in [1.807, 2.05) is 12.1 Å². The molecule has 1 heterocycles. The lowest BCUT2D eigenvalue weighted by molar-refractivity contribution is -0.187. The number of hydrogen-bond acceptors (Lipinski definition) is 5. The van der Waals surface area contributed by atoms with Crippen LogP contribution in [0.15, 0.2) is 60.7 Å². The first-order valence-electron chi connectivity index (χ1n) is 18.2. The van der Waals surface area contributed by atoms with E-state index in [1.54, 1.807) is 0 Å². The van der Waals surface area contributed by atoms with Gasteiger partial charge in [-0.2, -0.15) is 0 Å². The van der Waals surface area contributed by atoms with E-state index >= 15 is 0 Å². The Bertz CT molecular complexity index is 1090. The topological polar surface area (TPSA) is 60.5 Å². The van der Waals surface area contributed by atoms with Gasteiger partial charge in [-0.25, -0.2) is 4.79 Å². The molecule has 0 aromatic heterocycles. The van der Waals surface area contributed by atoms with Crippen LogP contribution in [0.4, 0.5) is 4.79 Å². The minimum absolute atomic E-state index is 0.0539. The summed E-state index contributed by atoms with van der Waals surface area (Å²) in [6.07, 6.45) is 0.434. The van der Waals surface area contributed by atoms with Gasteiger partial charge in [0.15, 0.2) is 0 Å². The molecule has 9 heteroatoms. The average Bonchev–Trinajstić information content (AvgIpc) is 3.07. The lowest BCUT2D eigenvalue weighted by Gasteiger charge is -2.38. The molecule has 3 rings (SSSR count). The van der Waals surface area contributed by atoms with E-state index in [4.69, 9.17) is 18.9 Å². The summed E-state index contributed by atoms with van der Waals surface area (Å²) in [7, 11) is -2.54. The summed E-state index contributed by atoms with van der Waals surface area (Å²) in [6.45, 7) is 25.8. The van der Waals surface area contributed by atoms with Gasteiger partial charge in [0, 0.05) is 42.5 Å². The second kappa shape index (κ2) is 19.4. The van der Waals surface area contributed by atoms with Crippen molar-refractivity contribution in [1.82, 2.24) is 9.80 Å². The van der Waals surface area contributed by atoms with E-state index in [1.165, 1.54) is 11.1 Å². The second-order valence-corrected chi connectivity index (χ2v) is 28.1. The van der Waals surface area contributed by atoms with E-state index in [9.17, 15) is 4.79 Å². The van der Waals surface area contributed by atoms with Crippen LogP contribution in [-0.2, 0) is 31.8 Å². The van der Waals surface area contributed by atoms with Crippen LogP contribution in [-0.4, -0.2) is 96.2 Å². The largest absolute Gasteiger partial charge is 0.356 e. The van der Waals surface area contributed by atoms with Crippen molar-refractivity contribution in [2.45, 2.75) is 116 Å². The van der Waals surface area contributed by atoms with Crippen molar-refractivity contribution in [3.05, 3.63) is 71.8 Å². The van der Waals surface area contributed by atoms with Crippen molar-refractivity contribution in [3.63, 3.8) is 0 Å². The molecule has 1 fully saturated rings. The van der Waals surface area contributed by atoms with Crippen molar-refractivity contribution in [3.8, 4) is 0 Å². The third kappa shape index (κ3) is 14.1. The third-order valence-electron chi connectivity index (χ3n) is 8.75. The Morgan fingerprint density at radius 1 is 0.604 bits per heavy atom. The standard InChI is InChI=1S/C39H66N2O5Si2/c1-31(2)27-40-35(25-33-17-13-11-14-18-33)37(45-29-43-21-23-47(5,6)7)38(46-30-44-22-24-48(8,9)10)36(26-34-19-15-12-16-20-34)41(39(40)42)28-32(3)4/h11-20,31-32,35-38H,21-30H2,1-10H3/t35-,36-,37+,38+/m1/s1. The highest BCUT2D eigenvalue weighted by molar-refractivity contribution is 6.76. The first kappa shape index (κ1) is 40.4. The maximum absolute atomic E-state index is 15.0. The summed E-state index contributed by atoms with van der Waals surface area (Å²) in [5.41, 5.74) is 2.33. The van der Waals surface area contributed by atoms with Crippen LogP contribution >= 0.6 is 0 Å². The summed E-state index contributed by atoms with van der Waals surface area (Å²) in [6, 6.07) is 22.6. The van der Waals surface area contributed by atoms with Crippen LogP contribution < -0.4 is 0 Å². The molecule has 48 heavy (non-hydrogen) atoms. The minimum Gasteiger partial charge on any atom is -0.356 e. The molecule has 1 saturated heterocycles. The third-order valence-corrected chi connectivity index (χ3v) is 12.2. The molecule has 0 N–H and O–H groups in total. The number of amides is 2. The lowest BCUT2D eigenvalue weighted by Crippen LogP contribution is -2.54. The van der Waals surface area contributed by atoms with Crippen LogP contribution in [0.1, 0.15) is 38.8 Å². The maximum atomic E-state index is 15.0. The predicted octanol–water partition coefficient (Wildman–Crippen LogP) is 8.65. The molecule has 0 spiro atoms. The number of rotatable bonds is 20. The number of ether oxygens (including phenoxy) is 4. The van der Waals surface area contributed by atoms with Crippen molar-refractivity contribution in [2.24, 2.45) is 11.8 Å². The Labute approximate surface area is 294 Å². The molecule has 4 atom stereocenters. The molecule has 0 saturated carbocycles. The van der Waals surface area contributed by atoms with Crippen LogP contribution in [0.3, 0.4) is 0 Å². The summed E-state index contributed by atoms with van der Waals surface area (Å²) < 4.78 is 26.1. The summed E-state index contributed by atoms with van der Waals surface area (Å²) in [5.74, 6) is 0.549. The van der Waals surface area contributed by atoms with Gasteiger partial charge in [0.05, 0.1) is 12.1 Å². The SMILES string of the molecule is CC(C)CN1C(=O)N(CC(C)C)[C@H](Cc2ccccc2)[C@H](OCOCC[Si](C)(C)C)[C@@H](OCOCC[Si](C)(C)C)[C@H]1Cc1ccccc1. The minimum atomic E-state index is -1.27. The zero-order valence-electron chi connectivity index (χ0n) is 31.7. The lowest BCUT2D eigenvalue weighted by atomic mass is 9.90. The smallest absolute Gasteiger partial charge is 0.320 e. The summed E-state index contributed by atoms with van der Waals surface area (Å²) >= 11 is 0. The second-order valence-electron chi connectivity index (χ2n) is 16.8. The highest BCUT2D eigenvalue weighted by Crippen LogP contribution is 2.32. The van der Waals surface area contributed by atoms with Crippen LogP contribution in [0.2, 0.25) is 51.4 Å². The summed E-state index contributed by atoms with van der Waals surface area (Å²) in [5, 5.41) is 0. The molecule has 1 aliphatic rings. The fraction of sp³-hybridized carbons (Fsp3) is 0.667. The number of carbonyl (C=O) groups excluding carboxylic acids is 1. The molecule has 0 radical (unpaired) electrons. The van der Waals surface area contributed by atoms with Gasteiger partial charge in [0.2, 0.25) is 0 Å². The Morgan fingerprint density at radius 3 is 1.27 bits per heavy atom. The molecule has 2 aromatic rings. The highest BCUT2D eigenvalue weighted by Gasteiger charge is 2.49. The Balaban J connectivity index is 2.11. The van der Waals surface area contributed by atoms with Crippen molar-refractivity contribution in [2.75, 3.05) is 39.9 Å². The Hall–Kier alpha value is -2.02. The zero-order chi connectivity index (χ0) is 35.3. The van der Waals surface area contributed by atoms with E-state index in [0.717, 1.165) is 12.1 Å². The number of nitrogens with zero attached hydrogens (tertiary/aromatic N) is 2. The molecule has 2 aromatic carbocycles. The van der Waals surface area contributed by atoms with Gasteiger partial charge in [-0.3, -0.25) is 0 Å². The number of hydrogen-bond donors (Lipinski definition) is 0. The summed E-state index contributed by atoms with van der Waals surface area (Å²) in [4.78, 5) is 19.1. The molecule has 7 nitrogen and oxygen atoms in total. The normalized spacial score (nSPS) is 21.0. The van der Waals surface area contributed by atoms with Gasteiger partial charge in [-0.1, -0.05) is 128 Å². The molecule has 0 bridgehead atoms. The van der Waals surface area contributed by atoms with Crippen molar-refractivity contribution in [1.29, 1.82) is 0 Å². The van der Waals surface area contributed by atoms with E-state index in [-0.39, 0.29) is 43.5 Å². The average molecular weight is 699 g/mol. The quantitative estimate of drug-likeness (QED) is 0.0787. The monoisotopic (exact) mass is 698 g/mol. The fourth-order valence-electron chi connectivity index (χ4n) is 6.16. The van der Waals surface area contributed by atoms with Crippen LogP contribution in [0, 0.1) is 11.8 Å². The van der Waals surface area contributed by atoms with Gasteiger partial charge >= 0.3 is 6.03 Å². The van der Waals surface area contributed by atoms with Crippen LogP contribution in [0.25, 0.3) is 0 Å². The number of carbonyl (C=O) groups is 1. The first-order chi connectivity index (χ1) is 22.6. The number of benzene rings is 2. The van der Waals surface area contributed by atoms with Gasteiger partial charge in [0.1, 0.15) is 25.8 Å². The van der Waals surface area contributed by atoms with Gasteiger partial charge in [-0.05, 0) is 47.9 Å². The highest BCUT2D eigenvalue weighted by atomic mass is 28.3. The molecule has 0 aliphatic carbocycles. The molecule has 270 valence electrons. The molecular weight excluding hydrogens is 633 g/mol. The molecule has 1 aliphatic heterocycles. The number of urea groups is 1. The Morgan fingerprint density at radius 2 is 0.958 bits per heavy atom. The van der Waals surface area contributed by atoms with Gasteiger partial charge in [-0.15, -0.1) is 0 Å². The molecular formula is C39H66N2O5Si2. The van der Waals surface area contributed by atoms with Crippen molar-refractivity contribution < 1.29 is 23.7 Å². The Kier molecular flexibility index (Phi) is 16.3. The molecule has 0 unspecified atom stereocenters. The predicted molar refractivity (Wildman–Crippen MR) is 204 cm³/mol. The van der Waals surface area contributed by atoms with Crippen molar-refractivity contribution >= 4 is 22.2 Å². The first-order valence-corrected chi connectivity index (χ1v) is 25.6. The van der Waals surface area contributed by atoms with E-state index in [0.29, 0.717) is 39.1 Å². The van der Waals surface area contributed by atoms with E-state index in [2.05, 4.69) is 125 Å².